The molecule has 1 heterocycles. The Kier molecular flexibility index (Phi) is 2.02. The van der Waals surface area contributed by atoms with E-state index in [0.717, 1.165) is 5.56 Å². The molecule has 0 saturated carbocycles. The summed E-state index contributed by atoms with van der Waals surface area (Å²) in [4.78, 5) is 0. The van der Waals surface area contributed by atoms with Crippen molar-refractivity contribution in [3.05, 3.63) is 59.9 Å². The fourth-order valence-corrected chi connectivity index (χ4v) is 1.51. The van der Waals surface area contributed by atoms with Gasteiger partial charge in [-0.3, -0.25) is 0 Å². The normalized spacial score (nSPS) is 25.4. The lowest BCUT2D eigenvalue weighted by molar-refractivity contribution is 0.490. The van der Waals surface area contributed by atoms with E-state index in [1.54, 1.807) is 12.3 Å². The Balaban J connectivity index is 2.39. The van der Waals surface area contributed by atoms with Crippen LogP contribution in [0.4, 0.5) is 0 Å². The van der Waals surface area contributed by atoms with Gasteiger partial charge < -0.3 is 16.8 Å². The zero-order chi connectivity index (χ0) is 10.0. The van der Waals surface area contributed by atoms with Crippen molar-refractivity contribution >= 4 is 0 Å². The largest absolute Gasteiger partial charge is 0.399 e. The monoisotopic (exact) mass is 187 g/mol. The van der Waals surface area contributed by atoms with Crippen LogP contribution < -0.4 is 16.8 Å². The van der Waals surface area contributed by atoms with E-state index in [4.69, 9.17) is 11.5 Å². The van der Waals surface area contributed by atoms with E-state index >= 15 is 0 Å². The predicted molar refractivity (Wildman–Crippen MR) is 56.9 cm³/mol. The van der Waals surface area contributed by atoms with Crippen LogP contribution >= 0.6 is 0 Å². The van der Waals surface area contributed by atoms with Crippen molar-refractivity contribution in [3.63, 3.8) is 0 Å². The molecule has 2 rings (SSSR count). The van der Waals surface area contributed by atoms with Crippen molar-refractivity contribution in [3.8, 4) is 0 Å². The Hall–Kier alpha value is -1.74. The van der Waals surface area contributed by atoms with Gasteiger partial charge in [0.15, 0.2) is 0 Å². The number of hydrogen-bond acceptors (Lipinski definition) is 3. The van der Waals surface area contributed by atoms with E-state index in [-0.39, 0.29) is 0 Å². The van der Waals surface area contributed by atoms with Gasteiger partial charge in [-0.2, -0.15) is 0 Å². The quantitative estimate of drug-likeness (QED) is 0.608. The first-order valence-corrected chi connectivity index (χ1v) is 4.48. The number of rotatable bonds is 1. The lowest BCUT2D eigenvalue weighted by atomic mass is 9.97. The standard InChI is InChI=1S/C11H13N3/c12-10-6-7-14-11(13,8-10)9-4-2-1-3-5-9/h1-8,14H,12-13H2. The topological polar surface area (TPSA) is 64.1 Å². The fraction of sp³-hybridized carbons (Fsp3) is 0.0909. The summed E-state index contributed by atoms with van der Waals surface area (Å²) in [6.45, 7) is 0. The third-order valence-corrected chi connectivity index (χ3v) is 2.24. The van der Waals surface area contributed by atoms with Crippen LogP contribution in [0.3, 0.4) is 0 Å². The molecular weight excluding hydrogens is 174 g/mol. The highest BCUT2D eigenvalue weighted by atomic mass is 15.1. The minimum Gasteiger partial charge on any atom is -0.399 e. The van der Waals surface area contributed by atoms with Crippen LogP contribution in [-0.4, -0.2) is 0 Å². The minimum absolute atomic E-state index is 0.676. The molecule has 0 radical (unpaired) electrons. The van der Waals surface area contributed by atoms with Gasteiger partial charge in [0.2, 0.25) is 0 Å². The van der Waals surface area contributed by atoms with Crippen LogP contribution in [0.1, 0.15) is 5.56 Å². The summed E-state index contributed by atoms with van der Waals surface area (Å²) < 4.78 is 0. The van der Waals surface area contributed by atoms with Gasteiger partial charge in [0, 0.05) is 11.9 Å². The fourth-order valence-electron chi connectivity index (χ4n) is 1.51. The Labute approximate surface area is 83.1 Å². The Morgan fingerprint density at radius 2 is 1.86 bits per heavy atom. The smallest absolute Gasteiger partial charge is 0.133 e. The van der Waals surface area contributed by atoms with Gasteiger partial charge in [-0.05, 0) is 17.7 Å². The number of nitrogens with one attached hydrogen (secondary N) is 1. The van der Waals surface area contributed by atoms with Crippen molar-refractivity contribution in [1.82, 2.24) is 5.32 Å². The summed E-state index contributed by atoms with van der Waals surface area (Å²) in [6, 6.07) is 9.80. The van der Waals surface area contributed by atoms with Gasteiger partial charge in [-0.15, -0.1) is 0 Å². The third kappa shape index (κ3) is 1.49. The summed E-state index contributed by atoms with van der Waals surface area (Å²) >= 11 is 0. The highest BCUT2D eigenvalue weighted by Crippen LogP contribution is 2.19. The van der Waals surface area contributed by atoms with Crippen LogP contribution in [0.15, 0.2) is 54.4 Å². The van der Waals surface area contributed by atoms with Gasteiger partial charge in [0.25, 0.3) is 0 Å². The molecule has 3 heteroatoms. The Morgan fingerprint density at radius 1 is 1.14 bits per heavy atom. The average Bonchev–Trinajstić information content (AvgIpc) is 2.19. The molecule has 1 unspecified atom stereocenters. The molecule has 0 amide bonds. The molecule has 0 aromatic heterocycles. The van der Waals surface area contributed by atoms with Crippen molar-refractivity contribution in [2.75, 3.05) is 0 Å². The van der Waals surface area contributed by atoms with Crippen LogP contribution in [-0.2, 0) is 5.66 Å². The van der Waals surface area contributed by atoms with E-state index in [1.165, 1.54) is 0 Å². The molecule has 72 valence electrons. The lowest BCUT2D eigenvalue weighted by Gasteiger charge is -2.29. The maximum absolute atomic E-state index is 6.15. The van der Waals surface area contributed by atoms with Crippen molar-refractivity contribution in [1.29, 1.82) is 0 Å². The number of benzene rings is 1. The first-order valence-electron chi connectivity index (χ1n) is 4.48. The highest BCUT2D eigenvalue weighted by Gasteiger charge is 2.24. The minimum atomic E-state index is -0.680. The molecule has 5 N–H and O–H groups in total. The van der Waals surface area contributed by atoms with Crippen molar-refractivity contribution in [2.45, 2.75) is 5.66 Å². The second kappa shape index (κ2) is 3.20. The number of hydrogen-bond donors (Lipinski definition) is 3. The number of nitrogens with two attached hydrogens (primary N) is 2. The summed E-state index contributed by atoms with van der Waals surface area (Å²) in [5, 5.41) is 3.08. The molecule has 1 aromatic carbocycles. The van der Waals surface area contributed by atoms with E-state index < -0.39 is 5.66 Å². The molecule has 14 heavy (non-hydrogen) atoms. The zero-order valence-electron chi connectivity index (χ0n) is 7.77. The average molecular weight is 187 g/mol. The summed E-state index contributed by atoms with van der Waals surface area (Å²) in [5.41, 5.74) is 12.8. The molecule has 0 aliphatic carbocycles. The first-order chi connectivity index (χ1) is 6.71. The van der Waals surface area contributed by atoms with Crippen LogP contribution in [0, 0.1) is 0 Å². The van der Waals surface area contributed by atoms with Crippen molar-refractivity contribution in [2.24, 2.45) is 11.5 Å². The highest BCUT2D eigenvalue weighted by molar-refractivity contribution is 5.35. The molecule has 1 atom stereocenters. The molecule has 0 bridgehead atoms. The summed E-state index contributed by atoms with van der Waals surface area (Å²) in [5.74, 6) is 0. The Morgan fingerprint density at radius 3 is 2.50 bits per heavy atom. The van der Waals surface area contributed by atoms with Crippen LogP contribution in [0.25, 0.3) is 0 Å². The molecule has 0 fully saturated rings. The predicted octanol–water partition coefficient (Wildman–Crippen LogP) is 0.758. The van der Waals surface area contributed by atoms with E-state index in [2.05, 4.69) is 5.32 Å². The molecule has 0 spiro atoms. The Bertz CT molecular complexity index is 381. The van der Waals surface area contributed by atoms with Crippen LogP contribution in [0.5, 0.6) is 0 Å². The third-order valence-electron chi connectivity index (χ3n) is 2.24. The summed E-state index contributed by atoms with van der Waals surface area (Å²) in [7, 11) is 0. The second-order valence-electron chi connectivity index (χ2n) is 3.36. The van der Waals surface area contributed by atoms with E-state index in [1.807, 2.05) is 36.4 Å². The van der Waals surface area contributed by atoms with E-state index in [0.29, 0.717) is 5.70 Å². The van der Waals surface area contributed by atoms with Gasteiger partial charge >= 0.3 is 0 Å². The molecule has 0 saturated heterocycles. The SMILES string of the molecule is NC1=CC(N)(c2ccccc2)NC=C1. The van der Waals surface area contributed by atoms with Crippen LogP contribution in [0.2, 0.25) is 0 Å². The first kappa shape index (κ1) is 8.84. The number of allylic oxidation sites excluding steroid dienone is 1. The maximum atomic E-state index is 6.15. The maximum Gasteiger partial charge on any atom is 0.133 e. The number of dihydropyridines is 1. The lowest BCUT2D eigenvalue weighted by Crippen LogP contribution is -2.48. The molecule has 1 aliphatic heterocycles. The molecule has 1 aliphatic rings. The van der Waals surface area contributed by atoms with Gasteiger partial charge in [-0.1, -0.05) is 30.3 Å². The molecular formula is C11H13N3. The van der Waals surface area contributed by atoms with Crippen molar-refractivity contribution < 1.29 is 0 Å². The molecule has 3 nitrogen and oxygen atoms in total. The second-order valence-corrected chi connectivity index (χ2v) is 3.36. The van der Waals surface area contributed by atoms with Gasteiger partial charge in [0.05, 0.1) is 0 Å². The van der Waals surface area contributed by atoms with Gasteiger partial charge in [0.1, 0.15) is 5.66 Å². The zero-order valence-corrected chi connectivity index (χ0v) is 7.77. The van der Waals surface area contributed by atoms with E-state index in [9.17, 15) is 0 Å². The molecule has 1 aromatic rings. The summed E-state index contributed by atoms with van der Waals surface area (Å²) in [6.07, 6.45) is 5.36. The van der Waals surface area contributed by atoms with Gasteiger partial charge in [-0.25, -0.2) is 0 Å².